The number of allylic oxidation sites excluding steroid dienone is 2. The van der Waals surface area contributed by atoms with Crippen molar-refractivity contribution in [3.63, 3.8) is 0 Å². The number of fused-ring (bicyclic) bond motifs is 4. The molecule has 2 nitrogen and oxygen atoms in total. The lowest BCUT2D eigenvalue weighted by molar-refractivity contribution is -0.116. The van der Waals surface area contributed by atoms with Gasteiger partial charge in [-0.15, -0.1) is 0 Å². The average molecular weight is 274 g/mol. The Hall–Kier alpha value is -0.630. The first-order chi connectivity index (χ1) is 9.58. The van der Waals surface area contributed by atoms with Crippen molar-refractivity contribution in [2.45, 2.75) is 64.4 Å². The van der Waals surface area contributed by atoms with Crippen molar-refractivity contribution < 1.29 is 9.90 Å². The van der Waals surface area contributed by atoms with E-state index in [4.69, 9.17) is 0 Å². The van der Waals surface area contributed by atoms with Gasteiger partial charge in [-0.3, -0.25) is 4.79 Å². The maximum absolute atomic E-state index is 11.6. The predicted octanol–water partition coefficient (Wildman–Crippen LogP) is 3.49. The summed E-state index contributed by atoms with van der Waals surface area (Å²) in [4.78, 5) is 11.6. The van der Waals surface area contributed by atoms with Crippen LogP contribution in [0.1, 0.15) is 58.3 Å². The Morgan fingerprint density at radius 1 is 1.20 bits per heavy atom. The van der Waals surface area contributed by atoms with Crippen LogP contribution in [-0.2, 0) is 4.79 Å². The quantitative estimate of drug-likeness (QED) is 0.734. The first kappa shape index (κ1) is 13.1. The minimum Gasteiger partial charge on any atom is -0.393 e. The largest absolute Gasteiger partial charge is 0.393 e. The highest BCUT2D eigenvalue weighted by atomic mass is 16.3. The van der Waals surface area contributed by atoms with Crippen LogP contribution in [0.15, 0.2) is 11.6 Å². The summed E-state index contributed by atoms with van der Waals surface area (Å²) >= 11 is 0. The third kappa shape index (κ3) is 1.76. The van der Waals surface area contributed by atoms with Crippen LogP contribution in [0.5, 0.6) is 0 Å². The third-order valence-electron chi connectivity index (χ3n) is 7.19. The summed E-state index contributed by atoms with van der Waals surface area (Å²) in [5.41, 5.74) is 1.65. The second-order valence-electron chi connectivity index (χ2n) is 8.03. The third-order valence-corrected chi connectivity index (χ3v) is 7.19. The van der Waals surface area contributed by atoms with Crippen LogP contribution in [0.4, 0.5) is 0 Å². The first-order valence-electron chi connectivity index (χ1n) is 8.49. The molecule has 4 rings (SSSR count). The van der Waals surface area contributed by atoms with E-state index in [1.54, 1.807) is 0 Å². The van der Waals surface area contributed by atoms with Crippen molar-refractivity contribution in [1.29, 1.82) is 0 Å². The van der Waals surface area contributed by atoms with E-state index < -0.39 is 0 Å². The van der Waals surface area contributed by atoms with Gasteiger partial charge in [-0.25, -0.2) is 0 Å². The Balaban J connectivity index is 1.61. The molecule has 20 heavy (non-hydrogen) atoms. The van der Waals surface area contributed by atoms with Crippen molar-refractivity contribution in [3.8, 4) is 0 Å². The van der Waals surface area contributed by atoms with Crippen LogP contribution in [-0.4, -0.2) is 17.0 Å². The molecule has 0 radical (unpaired) electrons. The second kappa shape index (κ2) is 4.43. The zero-order valence-electron chi connectivity index (χ0n) is 12.5. The number of carbonyl (C=O) groups excluding carboxylic acids is 1. The molecule has 0 unspecified atom stereocenters. The van der Waals surface area contributed by atoms with E-state index in [-0.39, 0.29) is 11.5 Å². The average Bonchev–Trinajstić information content (AvgIpc) is 2.71. The molecule has 0 heterocycles. The molecule has 0 aromatic carbocycles. The molecule has 0 saturated heterocycles. The molecule has 0 aromatic heterocycles. The van der Waals surface area contributed by atoms with Crippen LogP contribution < -0.4 is 0 Å². The number of hydrogen-bond acceptors (Lipinski definition) is 2. The van der Waals surface area contributed by atoms with Crippen molar-refractivity contribution in [3.05, 3.63) is 11.6 Å². The minimum absolute atomic E-state index is 0.0710. The number of carbonyl (C=O) groups is 1. The maximum Gasteiger partial charge on any atom is 0.155 e. The van der Waals surface area contributed by atoms with E-state index in [0.717, 1.165) is 43.4 Å². The number of aliphatic hydroxyl groups is 1. The van der Waals surface area contributed by atoms with E-state index in [0.29, 0.717) is 11.7 Å². The minimum atomic E-state index is -0.0710. The van der Waals surface area contributed by atoms with E-state index in [1.165, 1.54) is 31.3 Å². The fourth-order valence-corrected chi connectivity index (χ4v) is 5.99. The fourth-order valence-electron chi connectivity index (χ4n) is 5.99. The Kier molecular flexibility index (Phi) is 2.89. The van der Waals surface area contributed by atoms with Gasteiger partial charge in [-0.1, -0.05) is 12.5 Å². The van der Waals surface area contributed by atoms with Gasteiger partial charge in [-0.05, 0) is 80.1 Å². The van der Waals surface area contributed by atoms with Crippen LogP contribution >= 0.6 is 0 Å². The zero-order valence-corrected chi connectivity index (χ0v) is 12.5. The number of hydrogen-bond donors (Lipinski definition) is 1. The van der Waals surface area contributed by atoms with Crippen molar-refractivity contribution in [1.82, 2.24) is 0 Å². The summed E-state index contributed by atoms with van der Waals surface area (Å²) in [5, 5.41) is 10.4. The van der Waals surface area contributed by atoms with Gasteiger partial charge in [-0.2, -0.15) is 0 Å². The molecule has 1 N–H and O–H groups in total. The summed E-state index contributed by atoms with van der Waals surface area (Å²) in [6, 6.07) is 0. The monoisotopic (exact) mass is 274 g/mol. The van der Waals surface area contributed by atoms with Crippen molar-refractivity contribution >= 4 is 5.78 Å². The van der Waals surface area contributed by atoms with Gasteiger partial charge >= 0.3 is 0 Å². The smallest absolute Gasteiger partial charge is 0.155 e. The molecule has 6 atom stereocenters. The van der Waals surface area contributed by atoms with Gasteiger partial charge in [0.15, 0.2) is 5.78 Å². The number of rotatable bonds is 0. The summed E-state index contributed by atoms with van der Waals surface area (Å²) in [6.07, 6.45) is 10.9. The predicted molar refractivity (Wildman–Crippen MR) is 78.1 cm³/mol. The van der Waals surface area contributed by atoms with E-state index >= 15 is 0 Å². The second-order valence-corrected chi connectivity index (χ2v) is 8.03. The lowest BCUT2D eigenvalue weighted by atomic mass is 9.53. The molecular formula is C18H26O2. The normalized spacial score (nSPS) is 51.0. The molecule has 0 aromatic rings. The molecular weight excluding hydrogens is 248 g/mol. The molecule has 0 amide bonds. The lowest BCUT2D eigenvalue weighted by Gasteiger charge is -2.52. The summed E-state index contributed by atoms with van der Waals surface area (Å²) in [7, 11) is 0. The van der Waals surface area contributed by atoms with Crippen LogP contribution in [0.25, 0.3) is 0 Å². The van der Waals surface area contributed by atoms with E-state index in [2.05, 4.69) is 6.92 Å². The van der Waals surface area contributed by atoms with Gasteiger partial charge in [0.25, 0.3) is 0 Å². The van der Waals surface area contributed by atoms with Gasteiger partial charge < -0.3 is 5.11 Å². The molecule has 3 saturated carbocycles. The van der Waals surface area contributed by atoms with Crippen molar-refractivity contribution in [2.75, 3.05) is 0 Å². The molecule has 0 aliphatic heterocycles. The fraction of sp³-hybridized carbons (Fsp3) is 0.833. The Morgan fingerprint density at radius 3 is 2.90 bits per heavy atom. The maximum atomic E-state index is 11.6. The highest BCUT2D eigenvalue weighted by molar-refractivity contribution is 5.91. The molecule has 4 aliphatic carbocycles. The Morgan fingerprint density at radius 2 is 2.05 bits per heavy atom. The van der Waals surface area contributed by atoms with Gasteiger partial charge in [0.05, 0.1) is 6.10 Å². The highest BCUT2D eigenvalue weighted by Gasteiger charge is 2.54. The summed E-state index contributed by atoms with van der Waals surface area (Å²) in [5.74, 6) is 3.35. The standard InChI is InChI=1S/C18H26O2/c1-18-10-12-3-2-11-8-14(19)5-6-15(11)16(12)9-13(18)4-7-17(18)20/h8,12-13,15-17,20H,2-7,9-10H2,1H3/t12-,13+,15-,16-,17+,18+/m1/s1. The van der Waals surface area contributed by atoms with Crippen molar-refractivity contribution in [2.24, 2.45) is 29.1 Å². The lowest BCUT2D eigenvalue weighted by Crippen LogP contribution is -2.46. The highest BCUT2D eigenvalue weighted by Crippen LogP contribution is 2.60. The zero-order chi connectivity index (χ0) is 13.9. The molecule has 0 bridgehead atoms. The van der Waals surface area contributed by atoms with Gasteiger partial charge in [0.1, 0.15) is 0 Å². The SMILES string of the molecule is C[C@]12C[C@H]3CCC4=CC(=O)CC[C@H]4[C@@H]3C[C@@H]1CC[C@@H]2O. The van der Waals surface area contributed by atoms with Crippen LogP contribution in [0.2, 0.25) is 0 Å². The van der Waals surface area contributed by atoms with Crippen LogP contribution in [0, 0.1) is 29.1 Å². The Labute approximate surface area is 121 Å². The van der Waals surface area contributed by atoms with E-state index in [9.17, 15) is 9.90 Å². The Bertz CT molecular complexity index is 466. The van der Waals surface area contributed by atoms with Gasteiger partial charge in [0.2, 0.25) is 0 Å². The first-order valence-corrected chi connectivity index (χ1v) is 8.49. The molecule has 2 heteroatoms. The summed E-state index contributed by atoms with van der Waals surface area (Å²) in [6.45, 7) is 2.33. The van der Waals surface area contributed by atoms with E-state index in [1.807, 2.05) is 6.08 Å². The molecule has 3 fully saturated rings. The number of ketones is 1. The number of aliphatic hydroxyl groups excluding tert-OH is 1. The topological polar surface area (TPSA) is 37.3 Å². The van der Waals surface area contributed by atoms with Crippen LogP contribution in [0.3, 0.4) is 0 Å². The molecule has 4 aliphatic rings. The summed E-state index contributed by atoms with van der Waals surface area (Å²) < 4.78 is 0. The van der Waals surface area contributed by atoms with Gasteiger partial charge in [0, 0.05) is 6.42 Å². The molecule has 0 spiro atoms. The molecule has 110 valence electrons.